The Hall–Kier alpha value is -3.28. The van der Waals surface area contributed by atoms with E-state index in [-0.39, 0.29) is 5.69 Å². The summed E-state index contributed by atoms with van der Waals surface area (Å²) in [4.78, 5) is 10.3. The van der Waals surface area contributed by atoms with Gasteiger partial charge in [0.25, 0.3) is 5.69 Å². The van der Waals surface area contributed by atoms with Crippen molar-refractivity contribution in [2.75, 3.05) is 0 Å². The Morgan fingerprint density at radius 2 is 1.68 bits per heavy atom. The van der Waals surface area contributed by atoms with Crippen molar-refractivity contribution in [1.29, 1.82) is 0 Å². The molecule has 2 aromatic heterocycles. The Morgan fingerprint density at radius 3 is 2.45 bits per heavy atom. The molecule has 0 spiro atoms. The summed E-state index contributed by atoms with van der Waals surface area (Å²) in [5.74, 6) is 0.668. The summed E-state index contributed by atoms with van der Waals surface area (Å²) in [6, 6.07) is 18.2. The van der Waals surface area contributed by atoms with Crippen LogP contribution in [0.5, 0.6) is 0 Å². The molecule has 0 radical (unpaired) electrons. The number of aromatic nitrogens is 3. The maximum atomic E-state index is 10.8. The summed E-state index contributed by atoms with van der Waals surface area (Å²) in [5.41, 5.74) is 2.59. The first-order valence-corrected chi connectivity index (χ1v) is 6.72. The van der Waals surface area contributed by atoms with E-state index in [1.165, 1.54) is 12.1 Å². The van der Waals surface area contributed by atoms with Crippen molar-refractivity contribution in [3.8, 4) is 11.4 Å². The lowest BCUT2D eigenvalue weighted by molar-refractivity contribution is -0.384. The van der Waals surface area contributed by atoms with Gasteiger partial charge in [-0.2, -0.15) is 0 Å². The summed E-state index contributed by atoms with van der Waals surface area (Å²) < 4.78 is 1.95. The number of fused-ring (bicyclic) bond motifs is 3. The highest BCUT2D eigenvalue weighted by Crippen LogP contribution is 2.25. The minimum atomic E-state index is -0.416. The number of non-ortho nitro benzene ring substituents is 1. The van der Waals surface area contributed by atoms with Crippen LogP contribution in [0.25, 0.3) is 27.9 Å². The quantitative estimate of drug-likeness (QED) is 0.418. The molecule has 0 aliphatic carbocycles. The maximum absolute atomic E-state index is 10.8. The van der Waals surface area contributed by atoms with Gasteiger partial charge < -0.3 is 0 Å². The number of benzene rings is 2. The van der Waals surface area contributed by atoms with Gasteiger partial charge in [0.05, 0.1) is 10.4 Å². The van der Waals surface area contributed by atoms with Crippen LogP contribution < -0.4 is 0 Å². The van der Waals surface area contributed by atoms with Crippen LogP contribution in [0.2, 0.25) is 0 Å². The highest BCUT2D eigenvalue weighted by molar-refractivity contribution is 5.84. The Morgan fingerprint density at radius 1 is 0.909 bits per heavy atom. The van der Waals surface area contributed by atoms with Crippen LogP contribution in [0.4, 0.5) is 5.69 Å². The molecular formula is C16H10N4O2. The molecule has 0 amide bonds. The van der Waals surface area contributed by atoms with E-state index in [0.29, 0.717) is 5.82 Å². The summed E-state index contributed by atoms with van der Waals surface area (Å²) in [5, 5.41) is 20.3. The Balaban J connectivity index is 1.98. The third-order valence-corrected chi connectivity index (χ3v) is 3.61. The number of rotatable bonds is 2. The van der Waals surface area contributed by atoms with Crippen molar-refractivity contribution in [2.24, 2.45) is 0 Å². The Labute approximate surface area is 124 Å². The lowest BCUT2D eigenvalue weighted by Crippen LogP contribution is -1.93. The third kappa shape index (κ3) is 1.81. The van der Waals surface area contributed by atoms with Crippen molar-refractivity contribution >= 4 is 22.2 Å². The van der Waals surface area contributed by atoms with Gasteiger partial charge in [0, 0.05) is 17.7 Å². The van der Waals surface area contributed by atoms with Crippen molar-refractivity contribution < 1.29 is 4.92 Å². The molecular weight excluding hydrogens is 280 g/mol. The molecule has 0 saturated heterocycles. The molecule has 6 heteroatoms. The zero-order chi connectivity index (χ0) is 15.1. The molecule has 0 N–H and O–H groups in total. The fraction of sp³-hybridized carbons (Fsp3) is 0. The zero-order valence-electron chi connectivity index (χ0n) is 11.4. The highest BCUT2D eigenvalue weighted by Gasteiger charge is 2.12. The van der Waals surface area contributed by atoms with Crippen LogP contribution in [0.15, 0.2) is 60.7 Å². The first kappa shape index (κ1) is 12.5. The fourth-order valence-electron chi connectivity index (χ4n) is 2.56. The normalized spacial score (nSPS) is 11.1. The molecule has 6 nitrogen and oxygen atoms in total. The first-order chi connectivity index (χ1) is 10.7. The Kier molecular flexibility index (Phi) is 2.62. The summed E-state index contributed by atoms with van der Waals surface area (Å²) >= 11 is 0. The van der Waals surface area contributed by atoms with Gasteiger partial charge in [-0.1, -0.05) is 18.2 Å². The molecule has 106 valence electrons. The second-order valence-corrected chi connectivity index (χ2v) is 4.91. The number of nitrogens with zero attached hydrogens (tertiary/aromatic N) is 4. The SMILES string of the molecule is O=[N+]([O-])c1ccc(-c2nnc3ccc4ccccc4n23)cc1. The fourth-order valence-corrected chi connectivity index (χ4v) is 2.56. The van der Waals surface area contributed by atoms with Crippen LogP contribution in [0.1, 0.15) is 0 Å². The minimum Gasteiger partial charge on any atom is -0.275 e. The number of para-hydroxylation sites is 1. The van der Waals surface area contributed by atoms with E-state index in [1.807, 2.05) is 40.8 Å². The van der Waals surface area contributed by atoms with Crippen LogP contribution in [-0.2, 0) is 0 Å². The zero-order valence-corrected chi connectivity index (χ0v) is 11.4. The number of nitro groups is 1. The molecule has 2 heterocycles. The number of pyridine rings is 1. The molecule has 0 aliphatic heterocycles. The van der Waals surface area contributed by atoms with E-state index < -0.39 is 4.92 Å². The van der Waals surface area contributed by atoms with Crippen molar-refractivity contribution in [2.45, 2.75) is 0 Å². The second-order valence-electron chi connectivity index (χ2n) is 4.91. The van der Waals surface area contributed by atoms with Crippen molar-refractivity contribution in [3.63, 3.8) is 0 Å². The van der Waals surface area contributed by atoms with Crippen molar-refractivity contribution in [3.05, 3.63) is 70.8 Å². The summed E-state index contributed by atoms with van der Waals surface area (Å²) in [6.45, 7) is 0. The molecule has 0 aliphatic rings. The first-order valence-electron chi connectivity index (χ1n) is 6.72. The van der Waals surface area contributed by atoms with E-state index >= 15 is 0 Å². The second kappa shape index (κ2) is 4.63. The average molecular weight is 290 g/mol. The standard InChI is InChI=1S/C16H10N4O2/c21-20(22)13-8-5-12(6-9-13)16-18-17-15-10-7-11-3-1-2-4-14(11)19(15)16/h1-10H. The topological polar surface area (TPSA) is 73.3 Å². The van der Waals surface area contributed by atoms with Crippen LogP contribution in [-0.4, -0.2) is 19.5 Å². The van der Waals surface area contributed by atoms with Crippen LogP contribution in [0, 0.1) is 10.1 Å². The molecule has 0 unspecified atom stereocenters. The molecule has 0 fully saturated rings. The lowest BCUT2D eigenvalue weighted by Gasteiger charge is -2.04. The highest BCUT2D eigenvalue weighted by atomic mass is 16.6. The number of nitro benzene ring substituents is 1. The van der Waals surface area contributed by atoms with E-state index in [0.717, 1.165) is 22.1 Å². The predicted octanol–water partition coefficient (Wildman–Crippen LogP) is 3.46. The monoisotopic (exact) mass is 290 g/mol. The Bertz CT molecular complexity index is 1010. The predicted molar refractivity (Wildman–Crippen MR) is 82.6 cm³/mol. The van der Waals surface area contributed by atoms with Gasteiger partial charge in [-0.15, -0.1) is 10.2 Å². The molecule has 0 bridgehead atoms. The molecule has 0 saturated carbocycles. The van der Waals surface area contributed by atoms with Crippen LogP contribution >= 0.6 is 0 Å². The molecule has 0 atom stereocenters. The lowest BCUT2D eigenvalue weighted by atomic mass is 10.1. The largest absolute Gasteiger partial charge is 0.275 e. The van der Waals surface area contributed by atoms with Gasteiger partial charge in [0.2, 0.25) is 0 Å². The maximum Gasteiger partial charge on any atom is 0.269 e. The molecule has 2 aromatic carbocycles. The summed E-state index contributed by atoms with van der Waals surface area (Å²) in [7, 11) is 0. The van der Waals surface area contributed by atoms with Crippen molar-refractivity contribution in [1.82, 2.24) is 14.6 Å². The van der Waals surface area contributed by atoms with E-state index in [4.69, 9.17) is 0 Å². The molecule has 4 aromatic rings. The summed E-state index contributed by atoms with van der Waals surface area (Å²) in [6.07, 6.45) is 0. The van der Waals surface area contributed by atoms with Gasteiger partial charge in [-0.3, -0.25) is 14.5 Å². The van der Waals surface area contributed by atoms with Gasteiger partial charge in [-0.05, 0) is 35.7 Å². The van der Waals surface area contributed by atoms with Gasteiger partial charge in [0.15, 0.2) is 11.5 Å². The number of hydrogen-bond acceptors (Lipinski definition) is 4. The third-order valence-electron chi connectivity index (χ3n) is 3.61. The molecule has 22 heavy (non-hydrogen) atoms. The average Bonchev–Trinajstić information content (AvgIpc) is 2.99. The smallest absolute Gasteiger partial charge is 0.269 e. The van der Waals surface area contributed by atoms with Gasteiger partial charge in [0.1, 0.15) is 0 Å². The van der Waals surface area contributed by atoms with Gasteiger partial charge >= 0.3 is 0 Å². The van der Waals surface area contributed by atoms with Crippen LogP contribution in [0.3, 0.4) is 0 Å². The van der Waals surface area contributed by atoms with E-state index in [1.54, 1.807) is 12.1 Å². The van der Waals surface area contributed by atoms with Gasteiger partial charge in [-0.25, -0.2) is 0 Å². The van der Waals surface area contributed by atoms with E-state index in [9.17, 15) is 10.1 Å². The minimum absolute atomic E-state index is 0.0578. The van der Waals surface area contributed by atoms with E-state index in [2.05, 4.69) is 10.2 Å². The number of hydrogen-bond donors (Lipinski definition) is 0. The molecule has 4 rings (SSSR count).